The van der Waals surface area contributed by atoms with Gasteiger partial charge < -0.3 is 15.6 Å². The lowest BCUT2D eigenvalue weighted by molar-refractivity contribution is -0.157. The van der Waals surface area contributed by atoms with Gasteiger partial charge in [0.25, 0.3) is 0 Å². The van der Waals surface area contributed by atoms with Crippen LogP contribution in [-0.4, -0.2) is 24.2 Å². The maximum atomic E-state index is 11.3. The first-order chi connectivity index (χ1) is 7.57. The summed E-state index contributed by atoms with van der Waals surface area (Å²) in [4.78, 5) is 22.2. The zero-order valence-electron chi connectivity index (χ0n) is 8.79. The molecule has 0 aliphatic heterocycles. The summed E-state index contributed by atoms with van der Waals surface area (Å²) in [5.41, 5.74) is 6.32. The normalized spacial score (nSPS) is 13.9. The van der Waals surface area contributed by atoms with Crippen molar-refractivity contribution in [1.82, 2.24) is 0 Å². The van der Waals surface area contributed by atoms with Gasteiger partial charge in [0, 0.05) is 0 Å². The van der Waals surface area contributed by atoms with Crippen LogP contribution < -0.4 is 5.73 Å². The number of methoxy groups -OCH3 is 1. The van der Waals surface area contributed by atoms with Crippen LogP contribution in [0.1, 0.15) is 11.6 Å². The molecule has 1 rings (SSSR count). The van der Waals surface area contributed by atoms with Crippen molar-refractivity contribution in [2.24, 2.45) is 11.7 Å². The number of benzene rings is 1. The Kier molecular flexibility index (Phi) is 4.02. The quantitative estimate of drug-likeness (QED) is 0.575. The van der Waals surface area contributed by atoms with E-state index in [1.807, 2.05) is 0 Å². The Morgan fingerprint density at radius 3 is 2.31 bits per heavy atom. The first kappa shape index (κ1) is 12.2. The van der Waals surface area contributed by atoms with Crippen LogP contribution >= 0.6 is 0 Å². The molecule has 2 atom stereocenters. The van der Waals surface area contributed by atoms with Crippen molar-refractivity contribution in [3.8, 4) is 0 Å². The minimum Gasteiger partial charge on any atom is -0.481 e. The molecule has 1 aromatic rings. The highest BCUT2D eigenvalue weighted by Gasteiger charge is 2.34. The minimum absolute atomic E-state index is 0.584. The van der Waals surface area contributed by atoms with Crippen molar-refractivity contribution in [3.63, 3.8) is 0 Å². The molecule has 0 spiro atoms. The monoisotopic (exact) mass is 223 g/mol. The fraction of sp³-hybridized carbons (Fsp3) is 0.273. The lowest BCUT2D eigenvalue weighted by Gasteiger charge is -2.18. The van der Waals surface area contributed by atoms with Gasteiger partial charge in [-0.1, -0.05) is 30.3 Å². The summed E-state index contributed by atoms with van der Waals surface area (Å²) in [5, 5.41) is 8.93. The number of carboxylic acid groups (broad SMARTS) is 1. The van der Waals surface area contributed by atoms with Crippen molar-refractivity contribution in [2.75, 3.05) is 7.11 Å². The Morgan fingerprint density at radius 1 is 1.31 bits per heavy atom. The third-order valence-corrected chi connectivity index (χ3v) is 2.26. The molecule has 0 aliphatic carbocycles. The SMILES string of the molecule is COC(=O)C(C(=O)O)C(N)c1ccccc1. The van der Waals surface area contributed by atoms with E-state index < -0.39 is 23.9 Å². The van der Waals surface area contributed by atoms with Gasteiger partial charge in [-0.25, -0.2) is 0 Å². The van der Waals surface area contributed by atoms with Crippen LogP contribution in [0.5, 0.6) is 0 Å². The van der Waals surface area contributed by atoms with E-state index in [0.29, 0.717) is 5.56 Å². The van der Waals surface area contributed by atoms with E-state index in [1.54, 1.807) is 30.3 Å². The van der Waals surface area contributed by atoms with E-state index in [4.69, 9.17) is 10.8 Å². The molecule has 0 bridgehead atoms. The van der Waals surface area contributed by atoms with E-state index >= 15 is 0 Å². The van der Waals surface area contributed by atoms with Crippen LogP contribution in [0.25, 0.3) is 0 Å². The fourth-order valence-electron chi connectivity index (χ4n) is 1.40. The average molecular weight is 223 g/mol. The molecule has 86 valence electrons. The van der Waals surface area contributed by atoms with Gasteiger partial charge >= 0.3 is 11.9 Å². The van der Waals surface area contributed by atoms with Gasteiger partial charge in [-0.15, -0.1) is 0 Å². The smallest absolute Gasteiger partial charge is 0.322 e. The molecule has 0 aromatic heterocycles. The molecule has 0 heterocycles. The van der Waals surface area contributed by atoms with Crippen LogP contribution in [-0.2, 0) is 14.3 Å². The van der Waals surface area contributed by atoms with E-state index in [1.165, 1.54) is 0 Å². The Labute approximate surface area is 92.8 Å². The lowest BCUT2D eigenvalue weighted by atomic mass is 9.94. The molecular weight excluding hydrogens is 210 g/mol. The number of aliphatic carboxylic acids is 1. The molecule has 0 radical (unpaired) electrons. The summed E-state index contributed by atoms with van der Waals surface area (Å²) >= 11 is 0. The molecule has 2 unspecified atom stereocenters. The van der Waals surface area contributed by atoms with Crippen LogP contribution in [0.2, 0.25) is 0 Å². The third kappa shape index (κ3) is 2.58. The predicted octanol–water partition coefficient (Wildman–Crippen LogP) is 0.560. The molecule has 0 aliphatic rings. The molecular formula is C11H13NO4. The third-order valence-electron chi connectivity index (χ3n) is 2.26. The number of hydrogen-bond donors (Lipinski definition) is 2. The van der Waals surface area contributed by atoms with Crippen LogP contribution in [0.4, 0.5) is 0 Å². The van der Waals surface area contributed by atoms with E-state index in [0.717, 1.165) is 7.11 Å². The molecule has 5 nitrogen and oxygen atoms in total. The zero-order valence-corrected chi connectivity index (χ0v) is 8.79. The topological polar surface area (TPSA) is 89.6 Å². The van der Waals surface area contributed by atoms with E-state index in [-0.39, 0.29) is 0 Å². The van der Waals surface area contributed by atoms with Gasteiger partial charge in [0.1, 0.15) is 0 Å². The first-order valence-corrected chi connectivity index (χ1v) is 4.69. The minimum atomic E-state index is -1.38. The van der Waals surface area contributed by atoms with Crippen molar-refractivity contribution in [2.45, 2.75) is 6.04 Å². The molecule has 5 heteroatoms. The number of ether oxygens (including phenoxy) is 1. The first-order valence-electron chi connectivity index (χ1n) is 4.69. The average Bonchev–Trinajstić information content (AvgIpc) is 2.29. The summed E-state index contributed by atoms with van der Waals surface area (Å²) in [7, 11) is 1.13. The van der Waals surface area contributed by atoms with Crippen LogP contribution in [0, 0.1) is 5.92 Å². The Hall–Kier alpha value is -1.88. The standard InChI is InChI=1S/C11H13NO4/c1-16-11(15)8(10(13)14)9(12)7-5-3-2-4-6-7/h2-6,8-9H,12H2,1H3,(H,13,14). The number of rotatable bonds is 4. The van der Waals surface area contributed by atoms with Crippen molar-refractivity contribution in [3.05, 3.63) is 35.9 Å². The second kappa shape index (κ2) is 5.27. The van der Waals surface area contributed by atoms with Crippen molar-refractivity contribution in [1.29, 1.82) is 0 Å². The number of carbonyl (C=O) groups excluding carboxylic acids is 1. The van der Waals surface area contributed by atoms with Gasteiger partial charge in [0.2, 0.25) is 0 Å². The van der Waals surface area contributed by atoms with Gasteiger partial charge in [-0.05, 0) is 5.56 Å². The summed E-state index contributed by atoms with van der Waals surface area (Å²) in [6.07, 6.45) is 0. The number of carboxylic acids is 1. The maximum absolute atomic E-state index is 11.3. The lowest BCUT2D eigenvalue weighted by Crippen LogP contribution is -2.35. The van der Waals surface area contributed by atoms with Crippen molar-refractivity contribution >= 4 is 11.9 Å². The molecule has 0 saturated carbocycles. The molecule has 3 N–H and O–H groups in total. The number of hydrogen-bond acceptors (Lipinski definition) is 4. The maximum Gasteiger partial charge on any atom is 0.322 e. The largest absolute Gasteiger partial charge is 0.481 e. The second-order valence-corrected chi connectivity index (χ2v) is 3.28. The Bertz CT molecular complexity index is 377. The number of nitrogens with two attached hydrogens (primary N) is 1. The Morgan fingerprint density at radius 2 is 1.88 bits per heavy atom. The highest BCUT2D eigenvalue weighted by atomic mass is 16.5. The van der Waals surface area contributed by atoms with Gasteiger partial charge in [0.15, 0.2) is 5.92 Å². The fourth-order valence-corrected chi connectivity index (χ4v) is 1.40. The molecule has 16 heavy (non-hydrogen) atoms. The van der Waals surface area contributed by atoms with E-state index in [2.05, 4.69) is 4.74 Å². The summed E-state index contributed by atoms with van der Waals surface area (Å²) in [6.45, 7) is 0. The molecule has 0 amide bonds. The van der Waals surface area contributed by atoms with Crippen molar-refractivity contribution < 1.29 is 19.4 Å². The molecule has 0 saturated heterocycles. The predicted molar refractivity (Wildman–Crippen MR) is 56.5 cm³/mol. The number of carbonyl (C=O) groups is 2. The summed E-state index contributed by atoms with van der Waals surface area (Å²) < 4.78 is 4.42. The Balaban J connectivity index is 2.96. The zero-order chi connectivity index (χ0) is 12.1. The number of esters is 1. The second-order valence-electron chi connectivity index (χ2n) is 3.28. The summed E-state index contributed by atoms with van der Waals surface area (Å²) in [6, 6.07) is 7.67. The highest BCUT2D eigenvalue weighted by molar-refractivity contribution is 5.94. The van der Waals surface area contributed by atoms with Crippen LogP contribution in [0.3, 0.4) is 0 Å². The molecule has 1 aromatic carbocycles. The van der Waals surface area contributed by atoms with Crippen LogP contribution in [0.15, 0.2) is 30.3 Å². The summed E-state index contributed by atoms with van der Waals surface area (Å²) in [5.74, 6) is -3.51. The van der Waals surface area contributed by atoms with Gasteiger partial charge in [-0.2, -0.15) is 0 Å². The molecule has 0 fully saturated rings. The van der Waals surface area contributed by atoms with Gasteiger partial charge in [0.05, 0.1) is 13.2 Å². The van der Waals surface area contributed by atoms with E-state index in [9.17, 15) is 9.59 Å². The van der Waals surface area contributed by atoms with Gasteiger partial charge in [-0.3, -0.25) is 9.59 Å². The highest BCUT2D eigenvalue weighted by Crippen LogP contribution is 2.20.